The number of aliphatic imine (C=N–C) groups is 1. The molecule has 2 atom stereocenters. The highest BCUT2D eigenvalue weighted by Crippen LogP contribution is 2.18. The van der Waals surface area contributed by atoms with Gasteiger partial charge in [-0.1, -0.05) is 12.1 Å². The molecule has 0 spiro atoms. The van der Waals surface area contributed by atoms with Gasteiger partial charge >= 0.3 is 0 Å². The molecule has 2 unspecified atom stereocenters. The van der Waals surface area contributed by atoms with Crippen molar-refractivity contribution in [3.63, 3.8) is 0 Å². The molecule has 0 saturated heterocycles. The molecule has 2 rings (SSSR count). The molecule has 0 bridgehead atoms. The molecule has 0 aromatic heterocycles. The summed E-state index contributed by atoms with van der Waals surface area (Å²) < 4.78 is 13.3. The molecule has 4 nitrogen and oxygen atoms in total. The molecule has 0 saturated carbocycles. The fraction of sp³-hybridized carbons (Fsp3) is 0.500. The molecule has 19 heavy (non-hydrogen) atoms. The summed E-state index contributed by atoms with van der Waals surface area (Å²) in [6.07, 6.45) is 0. The third-order valence-electron chi connectivity index (χ3n) is 3.23. The minimum atomic E-state index is -0.200. The summed E-state index contributed by atoms with van der Waals surface area (Å²) in [4.78, 5) is 6.43. The number of guanidine groups is 1. The summed E-state index contributed by atoms with van der Waals surface area (Å²) in [5.41, 5.74) is 0.962. The molecule has 1 aromatic carbocycles. The van der Waals surface area contributed by atoms with Crippen molar-refractivity contribution in [3.05, 3.63) is 35.6 Å². The van der Waals surface area contributed by atoms with Gasteiger partial charge in [0.1, 0.15) is 5.82 Å². The van der Waals surface area contributed by atoms with Gasteiger partial charge in [-0.05, 0) is 38.7 Å². The fourth-order valence-electron chi connectivity index (χ4n) is 2.17. The van der Waals surface area contributed by atoms with Gasteiger partial charge in [-0.15, -0.1) is 0 Å². The first-order chi connectivity index (χ1) is 9.06. The topological polar surface area (TPSA) is 39.7 Å². The first-order valence-electron chi connectivity index (χ1n) is 6.53. The van der Waals surface area contributed by atoms with Crippen LogP contribution in [0.4, 0.5) is 4.39 Å². The standard InChI is InChI=1S/C14H21FN4/c1-10-8-16-14(18-10)17-9-13(19(2)3)11-5-4-6-12(15)7-11/h4-7,10,13H,8-9H2,1-3H3,(H2,16,17,18). The van der Waals surface area contributed by atoms with E-state index in [0.717, 1.165) is 18.1 Å². The molecule has 1 heterocycles. The molecule has 5 heteroatoms. The lowest BCUT2D eigenvalue weighted by molar-refractivity contribution is 0.297. The number of hydrogen-bond acceptors (Lipinski definition) is 4. The van der Waals surface area contributed by atoms with E-state index >= 15 is 0 Å². The van der Waals surface area contributed by atoms with Crippen LogP contribution in [0.5, 0.6) is 0 Å². The minimum absolute atomic E-state index is 0.108. The van der Waals surface area contributed by atoms with Gasteiger partial charge in [0.05, 0.1) is 12.6 Å². The first-order valence-corrected chi connectivity index (χ1v) is 6.53. The summed E-state index contributed by atoms with van der Waals surface area (Å²) in [6, 6.07) is 7.23. The third kappa shape index (κ3) is 3.67. The Hall–Kier alpha value is -1.62. The SMILES string of the molecule is CC1CN=C(NCC(c2cccc(F)c2)N(C)C)N1. The van der Waals surface area contributed by atoms with E-state index in [1.807, 2.05) is 20.2 Å². The summed E-state index contributed by atoms with van der Waals surface area (Å²) in [5, 5.41) is 6.54. The number of rotatable bonds is 4. The van der Waals surface area contributed by atoms with Crippen LogP contribution in [-0.2, 0) is 0 Å². The Labute approximate surface area is 113 Å². The van der Waals surface area contributed by atoms with Crippen LogP contribution in [0.1, 0.15) is 18.5 Å². The molecular formula is C14H21FN4. The Balaban J connectivity index is 2.01. The summed E-state index contributed by atoms with van der Waals surface area (Å²) in [5.74, 6) is 0.630. The molecule has 1 aliphatic rings. The van der Waals surface area contributed by atoms with E-state index in [2.05, 4.69) is 27.4 Å². The average Bonchev–Trinajstić information content (AvgIpc) is 2.75. The van der Waals surface area contributed by atoms with Gasteiger partial charge in [-0.3, -0.25) is 4.99 Å². The quantitative estimate of drug-likeness (QED) is 0.863. The molecule has 1 aliphatic heterocycles. The van der Waals surface area contributed by atoms with Crippen LogP contribution in [0.2, 0.25) is 0 Å². The largest absolute Gasteiger partial charge is 0.354 e. The number of halogens is 1. The Morgan fingerprint density at radius 1 is 1.53 bits per heavy atom. The maximum absolute atomic E-state index is 13.3. The van der Waals surface area contributed by atoms with Crippen LogP contribution in [-0.4, -0.2) is 44.1 Å². The van der Waals surface area contributed by atoms with Gasteiger partial charge in [0.15, 0.2) is 5.96 Å². The summed E-state index contributed by atoms with van der Waals surface area (Å²) in [7, 11) is 3.98. The Kier molecular flexibility index (Phi) is 4.37. The second-order valence-electron chi connectivity index (χ2n) is 5.15. The van der Waals surface area contributed by atoms with Crippen molar-refractivity contribution < 1.29 is 4.39 Å². The number of nitrogens with one attached hydrogen (secondary N) is 2. The third-order valence-corrected chi connectivity index (χ3v) is 3.23. The van der Waals surface area contributed by atoms with Crippen molar-refractivity contribution in [1.29, 1.82) is 0 Å². The lowest BCUT2D eigenvalue weighted by Crippen LogP contribution is -2.41. The molecule has 1 aromatic rings. The second-order valence-corrected chi connectivity index (χ2v) is 5.15. The van der Waals surface area contributed by atoms with Gasteiger partial charge in [-0.25, -0.2) is 4.39 Å². The van der Waals surface area contributed by atoms with E-state index < -0.39 is 0 Å². The number of likely N-dealkylation sites (N-methyl/N-ethyl adjacent to an activating group) is 1. The van der Waals surface area contributed by atoms with E-state index in [-0.39, 0.29) is 11.9 Å². The van der Waals surface area contributed by atoms with Crippen molar-refractivity contribution in [1.82, 2.24) is 15.5 Å². The molecule has 104 valence electrons. The number of hydrogen-bond donors (Lipinski definition) is 2. The molecule has 0 amide bonds. The van der Waals surface area contributed by atoms with Crippen LogP contribution in [0.15, 0.2) is 29.3 Å². The van der Waals surface area contributed by atoms with Gasteiger partial charge in [-0.2, -0.15) is 0 Å². The minimum Gasteiger partial charge on any atom is -0.354 e. The number of benzene rings is 1. The van der Waals surface area contributed by atoms with E-state index in [1.165, 1.54) is 6.07 Å². The second kappa shape index (κ2) is 6.02. The van der Waals surface area contributed by atoms with Crippen molar-refractivity contribution in [2.45, 2.75) is 19.0 Å². The highest BCUT2D eigenvalue weighted by molar-refractivity contribution is 5.81. The lowest BCUT2D eigenvalue weighted by atomic mass is 10.1. The zero-order valence-electron chi connectivity index (χ0n) is 11.7. The highest BCUT2D eigenvalue weighted by atomic mass is 19.1. The molecule has 2 N–H and O–H groups in total. The van der Waals surface area contributed by atoms with Gasteiger partial charge < -0.3 is 15.5 Å². The van der Waals surface area contributed by atoms with Crippen LogP contribution < -0.4 is 10.6 Å². The van der Waals surface area contributed by atoms with E-state index in [4.69, 9.17) is 0 Å². The Morgan fingerprint density at radius 3 is 2.89 bits per heavy atom. The molecule has 0 radical (unpaired) electrons. The maximum Gasteiger partial charge on any atom is 0.191 e. The Morgan fingerprint density at radius 2 is 2.32 bits per heavy atom. The molecule has 0 aliphatic carbocycles. The Bertz CT molecular complexity index is 459. The van der Waals surface area contributed by atoms with Crippen molar-refractivity contribution >= 4 is 5.96 Å². The maximum atomic E-state index is 13.3. The average molecular weight is 264 g/mol. The normalized spacial score (nSPS) is 20.1. The zero-order valence-corrected chi connectivity index (χ0v) is 11.7. The summed E-state index contributed by atoms with van der Waals surface area (Å²) in [6.45, 7) is 3.58. The predicted octanol–water partition coefficient (Wildman–Crippen LogP) is 1.37. The number of nitrogens with zero attached hydrogens (tertiary/aromatic N) is 2. The van der Waals surface area contributed by atoms with Crippen molar-refractivity contribution in [3.8, 4) is 0 Å². The van der Waals surface area contributed by atoms with Crippen LogP contribution in [0.3, 0.4) is 0 Å². The van der Waals surface area contributed by atoms with Crippen LogP contribution in [0.25, 0.3) is 0 Å². The van der Waals surface area contributed by atoms with Crippen LogP contribution in [0, 0.1) is 5.82 Å². The monoisotopic (exact) mass is 264 g/mol. The summed E-state index contributed by atoms with van der Waals surface area (Å²) >= 11 is 0. The van der Waals surface area contributed by atoms with Crippen molar-refractivity contribution in [2.75, 3.05) is 27.2 Å². The molecule has 0 fully saturated rings. The predicted molar refractivity (Wildman–Crippen MR) is 75.7 cm³/mol. The van der Waals surface area contributed by atoms with E-state index in [9.17, 15) is 4.39 Å². The van der Waals surface area contributed by atoms with Crippen LogP contribution >= 0.6 is 0 Å². The first kappa shape index (κ1) is 13.8. The lowest BCUT2D eigenvalue weighted by Gasteiger charge is -2.25. The van der Waals surface area contributed by atoms with Crippen molar-refractivity contribution in [2.24, 2.45) is 4.99 Å². The highest BCUT2D eigenvalue weighted by Gasteiger charge is 2.17. The fourth-order valence-corrected chi connectivity index (χ4v) is 2.17. The molecular weight excluding hydrogens is 243 g/mol. The van der Waals surface area contributed by atoms with Gasteiger partial charge in [0.2, 0.25) is 0 Å². The van der Waals surface area contributed by atoms with E-state index in [0.29, 0.717) is 12.6 Å². The van der Waals surface area contributed by atoms with Gasteiger partial charge in [0, 0.05) is 12.6 Å². The zero-order chi connectivity index (χ0) is 13.8. The van der Waals surface area contributed by atoms with Gasteiger partial charge in [0.25, 0.3) is 0 Å². The van der Waals surface area contributed by atoms with E-state index in [1.54, 1.807) is 12.1 Å². The smallest absolute Gasteiger partial charge is 0.191 e.